The van der Waals surface area contributed by atoms with Gasteiger partial charge in [-0.1, -0.05) is 0 Å². The van der Waals surface area contributed by atoms with E-state index in [0.717, 1.165) is 30.6 Å². The maximum absolute atomic E-state index is 12.4. The third-order valence-electron chi connectivity index (χ3n) is 4.27. The second kappa shape index (κ2) is 6.00. The van der Waals surface area contributed by atoms with Gasteiger partial charge in [-0.05, 0) is 60.9 Å². The van der Waals surface area contributed by atoms with E-state index < -0.39 is 0 Å². The lowest BCUT2D eigenvalue weighted by molar-refractivity contribution is 0.0950. The number of ether oxygens (including phenoxy) is 1. The predicted octanol–water partition coefficient (Wildman–Crippen LogP) is 2.77. The topological polar surface area (TPSA) is 67.4 Å². The Labute approximate surface area is 140 Å². The van der Waals surface area contributed by atoms with Crippen molar-refractivity contribution >= 4 is 17.5 Å². The Morgan fingerprint density at radius 1 is 0.958 bits per heavy atom. The smallest absolute Gasteiger partial charge is 0.255 e. The van der Waals surface area contributed by atoms with Crippen molar-refractivity contribution < 1.29 is 14.3 Å². The molecule has 0 saturated heterocycles. The van der Waals surface area contributed by atoms with Crippen LogP contribution in [0.3, 0.4) is 0 Å². The average Bonchev–Trinajstić information content (AvgIpc) is 3.28. The van der Waals surface area contributed by atoms with Gasteiger partial charge in [-0.15, -0.1) is 0 Å². The number of carbonyl (C=O) groups is 2. The second-order valence-electron chi connectivity index (χ2n) is 6.20. The lowest BCUT2D eigenvalue weighted by atomic mass is 10.1. The molecule has 2 aliphatic rings. The van der Waals surface area contributed by atoms with Crippen LogP contribution in [-0.2, 0) is 6.42 Å². The maximum atomic E-state index is 12.4. The summed E-state index contributed by atoms with van der Waals surface area (Å²) in [7, 11) is 0. The van der Waals surface area contributed by atoms with Gasteiger partial charge < -0.3 is 15.4 Å². The molecule has 1 aliphatic carbocycles. The summed E-state index contributed by atoms with van der Waals surface area (Å²) in [6.45, 7) is 0.671. The first-order valence-electron chi connectivity index (χ1n) is 8.17. The van der Waals surface area contributed by atoms with Crippen LogP contribution in [0.15, 0.2) is 42.5 Å². The molecule has 1 fully saturated rings. The zero-order valence-corrected chi connectivity index (χ0v) is 13.2. The zero-order chi connectivity index (χ0) is 16.5. The van der Waals surface area contributed by atoms with Crippen LogP contribution in [0.25, 0.3) is 0 Å². The molecule has 122 valence electrons. The fraction of sp³-hybridized carbons (Fsp3) is 0.263. The fourth-order valence-corrected chi connectivity index (χ4v) is 2.73. The first-order valence-corrected chi connectivity index (χ1v) is 8.17. The van der Waals surface area contributed by atoms with Gasteiger partial charge in [-0.25, -0.2) is 0 Å². The molecule has 0 atom stereocenters. The Hall–Kier alpha value is -2.82. The summed E-state index contributed by atoms with van der Waals surface area (Å²) < 4.78 is 5.45. The van der Waals surface area contributed by atoms with Gasteiger partial charge in [0.05, 0.1) is 6.61 Å². The van der Waals surface area contributed by atoms with Crippen LogP contribution in [-0.4, -0.2) is 24.5 Å². The Morgan fingerprint density at radius 2 is 1.71 bits per heavy atom. The molecule has 0 bridgehead atoms. The number of anilines is 1. The summed E-state index contributed by atoms with van der Waals surface area (Å²) in [5, 5.41) is 5.80. The molecule has 2 aromatic rings. The molecule has 2 N–H and O–H groups in total. The van der Waals surface area contributed by atoms with E-state index >= 15 is 0 Å². The van der Waals surface area contributed by atoms with Crippen molar-refractivity contribution in [2.24, 2.45) is 0 Å². The number of carbonyl (C=O) groups excluding carboxylic acids is 2. The predicted molar refractivity (Wildman–Crippen MR) is 90.5 cm³/mol. The highest BCUT2D eigenvalue weighted by atomic mass is 16.5. The van der Waals surface area contributed by atoms with Crippen molar-refractivity contribution in [1.29, 1.82) is 0 Å². The lowest BCUT2D eigenvalue weighted by Crippen LogP contribution is -2.25. The van der Waals surface area contributed by atoms with Gasteiger partial charge in [0.15, 0.2) is 0 Å². The summed E-state index contributed by atoms with van der Waals surface area (Å²) in [5.41, 5.74) is 2.94. The molecule has 2 aromatic carbocycles. The van der Waals surface area contributed by atoms with Gasteiger partial charge in [0.2, 0.25) is 0 Å². The third-order valence-corrected chi connectivity index (χ3v) is 4.27. The second-order valence-corrected chi connectivity index (χ2v) is 6.20. The van der Waals surface area contributed by atoms with Crippen LogP contribution in [0.2, 0.25) is 0 Å². The van der Waals surface area contributed by atoms with Crippen LogP contribution in [0.4, 0.5) is 5.69 Å². The first-order chi connectivity index (χ1) is 11.7. The molecule has 1 aliphatic heterocycles. The maximum Gasteiger partial charge on any atom is 0.255 e. The Balaban J connectivity index is 1.42. The molecule has 24 heavy (non-hydrogen) atoms. The molecule has 0 aromatic heterocycles. The fourth-order valence-electron chi connectivity index (χ4n) is 2.73. The van der Waals surface area contributed by atoms with Crippen LogP contribution < -0.4 is 15.4 Å². The van der Waals surface area contributed by atoms with E-state index in [0.29, 0.717) is 29.5 Å². The summed E-state index contributed by atoms with van der Waals surface area (Å²) in [4.78, 5) is 24.3. The number of rotatable bonds is 4. The van der Waals surface area contributed by atoms with E-state index in [1.165, 1.54) is 0 Å². The van der Waals surface area contributed by atoms with Crippen LogP contribution in [0.5, 0.6) is 5.75 Å². The van der Waals surface area contributed by atoms with E-state index in [1.54, 1.807) is 30.3 Å². The van der Waals surface area contributed by atoms with Crippen LogP contribution in [0.1, 0.15) is 39.1 Å². The van der Waals surface area contributed by atoms with E-state index in [-0.39, 0.29) is 11.8 Å². The summed E-state index contributed by atoms with van der Waals surface area (Å²) in [5.74, 6) is 0.631. The standard InChI is InChI=1S/C19H18N2O3/c22-18(20-16-6-7-16)12-1-4-15(5-2-12)21-19(23)14-3-8-17-13(11-14)9-10-24-17/h1-5,8,11,16H,6-7,9-10H2,(H,20,22)(H,21,23). The lowest BCUT2D eigenvalue weighted by Gasteiger charge is -2.08. The quantitative estimate of drug-likeness (QED) is 0.909. The molecule has 0 unspecified atom stereocenters. The largest absolute Gasteiger partial charge is 0.493 e. The van der Waals surface area contributed by atoms with Crippen molar-refractivity contribution in [3.63, 3.8) is 0 Å². The molecule has 2 amide bonds. The van der Waals surface area contributed by atoms with E-state index in [4.69, 9.17) is 4.74 Å². The Morgan fingerprint density at radius 3 is 2.46 bits per heavy atom. The first kappa shape index (κ1) is 14.8. The highest BCUT2D eigenvalue weighted by Gasteiger charge is 2.23. The summed E-state index contributed by atoms with van der Waals surface area (Å²) in [6.07, 6.45) is 2.96. The average molecular weight is 322 g/mol. The third kappa shape index (κ3) is 3.11. The van der Waals surface area contributed by atoms with Crippen LogP contribution in [0, 0.1) is 0 Å². The summed E-state index contributed by atoms with van der Waals surface area (Å²) in [6, 6.07) is 12.7. The van der Waals surface area contributed by atoms with Gasteiger partial charge in [-0.3, -0.25) is 9.59 Å². The van der Waals surface area contributed by atoms with Gasteiger partial charge in [0.1, 0.15) is 5.75 Å². The van der Waals surface area contributed by atoms with E-state index in [2.05, 4.69) is 10.6 Å². The molecule has 1 heterocycles. The Bertz CT molecular complexity index is 795. The molecule has 0 spiro atoms. The number of nitrogens with one attached hydrogen (secondary N) is 2. The van der Waals surface area contributed by atoms with E-state index in [1.807, 2.05) is 12.1 Å². The number of hydrogen-bond acceptors (Lipinski definition) is 3. The normalized spacial score (nSPS) is 15.3. The SMILES string of the molecule is O=C(Nc1ccc(C(=O)NC2CC2)cc1)c1ccc2c(c1)CCO2. The van der Waals surface area contributed by atoms with Crippen molar-refractivity contribution in [1.82, 2.24) is 5.32 Å². The van der Waals surface area contributed by atoms with Crippen molar-refractivity contribution in [3.8, 4) is 5.75 Å². The molecular formula is C19H18N2O3. The molecule has 5 heteroatoms. The number of hydrogen-bond donors (Lipinski definition) is 2. The monoisotopic (exact) mass is 322 g/mol. The molecule has 1 saturated carbocycles. The van der Waals surface area contributed by atoms with Gasteiger partial charge in [0.25, 0.3) is 11.8 Å². The molecule has 5 nitrogen and oxygen atoms in total. The van der Waals surface area contributed by atoms with Crippen molar-refractivity contribution in [2.45, 2.75) is 25.3 Å². The number of amides is 2. The molecular weight excluding hydrogens is 304 g/mol. The van der Waals surface area contributed by atoms with Crippen LogP contribution >= 0.6 is 0 Å². The van der Waals surface area contributed by atoms with Crippen molar-refractivity contribution in [3.05, 3.63) is 59.2 Å². The zero-order valence-electron chi connectivity index (χ0n) is 13.2. The van der Waals surface area contributed by atoms with E-state index in [9.17, 15) is 9.59 Å². The summed E-state index contributed by atoms with van der Waals surface area (Å²) >= 11 is 0. The molecule has 4 rings (SSSR count). The highest BCUT2D eigenvalue weighted by molar-refractivity contribution is 6.04. The minimum Gasteiger partial charge on any atom is -0.493 e. The number of benzene rings is 2. The van der Waals surface area contributed by atoms with Gasteiger partial charge in [-0.2, -0.15) is 0 Å². The molecule has 0 radical (unpaired) electrons. The van der Waals surface area contributed by atoms with Gasteiger partial charge >= 0.3 is 0 Å². The highest BCUT2D eigenvalue weighted by Crippen LogP contribution is 2.26. The minimum atomic E-state index is -0.167. The Kier molecular flexibility index (Phi) is 3.69. The van der Waals surface area contributed by atoms with Gasteiger partial charge in [0, 0.05) is 29.3 Å². The minimum absolute atomic E-state index is 0.0611. The van der Waals surface area contributed by atoms with Crippen molar-refractivity contribution in [2.75, 3.05) is 11.9 Å². The number of fused-ring (bicyclic) bond motifs is 1.